The highest BCUT2D eigenvalue weighted by atomic mass is 16.5. The maximum Gasteiger partial charge on any atom is 0.147 e. The molecular formula is C26H28N2O2. The summed E-state index contributed by atoms with van der Waals surface area (Å²) in [6.45, 7) is 6.26. The molecule has 30 heavy (non-hydrogen) atoms. The van der Waals surface area contributed by atoms with Crippen LogP contribution in [-0.4, -0.2) is 16.2 Å². The lowest BCUT2D eigenvalue weighted by molar-refractivity contribution is 0.284. The van der Waals surface area contributed by atoms with Crippen LogP contribution in [0.15, 0.2) is 72.8 Å². The second-order valence-corrected chi connectivity index (χ2v) is 7.59. The fraction of sp³-hybridized carbons (Fsp3) is 0.269. The predicted octanol–water partition coefficient (Wildman–Crippen LogP) is 6.09. The van der Waals surface area contributed by atoms with Crippen molar-refractivity contribution in [1.29, 1.82) is 0 Å². The SMILES string of the molecule is Cc1ccc(OCCCCn2c(COc3ccccc3)nc3ccccc32)c(C)c1. The van der Waals surface area contributed by atoms with Gasteiger partial charge >= 0.3 is 0 Å². The number of fused-ring (bicyclic) bond motifs is 1. The Morgan fingerprint density at radius 2 is 1.63 bits per heavy atom. The van der Waals surface area contributed by atoms with Crippen molar-refractivity contribution in [3.05, 3.63) is 89.7 Å². The Labute approximate surface area is 178 Å². The zero-order chi connectivity index (χ0) is 20.8. The molecule has 0 bridgehead atoms. The minimum absolute atomic E-state index is 0.456. The van der Waals surface area contributed by atoms with Crippen LogP contribution in [0.25, 0.3) is 11.0 Å². The zero-order valence-corrected chi connectivity index (χ0v) is 17.7. The van der Waals surface area contributed by atoms with E-state index in [4.69, 9.17) is 14.5 Å². The van der Waals surface area contributed by atoms with Gasteiger partial charge in [0.05, 0.1) is 17.6 Å². The van der Waals surface area contributed by atoms with Crippen molar-refractivity contribution in [3.8, 4) is 11.5 Å². The number of hydrogen-bond donors (Lipinski definition) is 0. The third-order valence-corrected chi connectivity index (χ3v) is 5.21. The number of imidazole rings is 1. The average Bonchev–Trinajstić information content (AvgIpc) is 3.12. The molecule has 154 valence electrons. The highest BCUT2D eigenvalue weighted by molar-refractivity contribution is 5.75. The molecule has 1 aromatic heterocycles. The van der Waals surface area contributed by atoms with Crippen molar-refractivity contribution in [2.24, 2.45) is 0 Å². The van der Waals surface area contributed by atoms with Gasteiger partial charge in [-0.3, -0.25) is 0 Å². The maximum atomic E-state index is 5.98. The molecule has 0 aliphatic carbocycles. The van der Waals surface area contributed by atoms with E-state index in [9.17, 15) is 0 Å². The van der Waals surface area contributed by atoms with E-state index in [1.165, 1.54) is 11.1 Å². The molecule has 0 amide bonds. The largest absolute Gasteiger partial charge is 0.493 e. The number of hydrogen-bond acceptors (Lipinski definition) is 3. The number of rotatable bonds is 9. The van der Waals surface area contributed by atoms with Crippen LogP contribution in [-0.2, 0) is 13.2 Å². The Morgan fingerprint density at radius 3 is 2.47 bits per heavy atom. The van der Waals surface area contributed by atoms with Gasteiger partial charge in [-0.25, -0.2) is 4.98 Å². The molecule has 4 rings (SSSR count). The van der Waals surface area contributed by atoms with Crippen LogP contribution >= 0.6 is 0 Å². The topological polar surface area (TPSA) is 36.3 Å². The molecule has 0 atom stereocenters. The van der Waals surface area contributed by atoms with E-state index in [-0.39, 0.29) is 0 Å². The lowest BCUT2D eigenvalue weighted by Gasteiger charge is -2.12. The summed E-state index contributed by atoms with van der Waals surface area (Å²) in [6.07, 6.45) is 2.00. The van der Waals surface area contributed by atoms with Crippen LogP contribution in [0.3, 0.4) is 0 Å². The Kier molecular flexibility index (Phi) is 6.33. The van der Waals surface area contributed by atoms with Crippen LogP contribution in [0.5, 0.6) is 11.5 Å². The number of unbranched alkanes of at least 4 members (excludes halogenated alkanes) is 1. The predicted molar refractivity (Wildman–Crippen MR) is 121 cm³/mol. The van der Waals surface area contributed by atoms with Gasteiger partial charge in [-0.2, -0.15) is 0 Å². The van der Waals surface area contributed by atoms with E-state index in [0.717, 1.165) is 47.7 Å². The molecule has 0 spiro atoms. The third-order valence-electron chi connectivity index (χ3n) is 5.21. The second kappa shape index (κ2) is 9.49. The van der Waals surface area contributed by atoms with Crippen molar-refractivity contribution >= 4 is 11.0 Å². The highest BCUT2D eigenvalue weighted by Crippen LogP contribution is 2.21. The van der Waals surface area contributed by atoms with Crippen molar-refractivity contribution in [3.63, 3.8) is 0 Å². The third kappa shape index (κ3) is 4.82. The van der Waals surface area contributed by atoms with Crippen molar-refractivity contribution in [1.82, 2.24) is 9.55 Å². The second-order valence-electron chi connectivity index (χ2n) is 7.59. The highest BCUT2D eigenvalue weighted by Gasteiger charge is 2.11. The van der Waals surface area contributed by atoms with Crippen LogP contribution in [0.1, 0.15) is 29.8 Å². The monoisotopic (exact) mass is 400 g/mol. The molecule has 0 unspecified atom stereocenters. The summed E-state index contributed by atoms with van der Waals surface area (Å²) in [5.74, 6) is 2.79. The van der Waals surface area contributed by atoms with Crippen molar-refractivity contribution in [2.75, 3.05) is 6.61 Å². The average molecular weight is 401 g/mol. The fourth-order valence-corrected chi connectivity index (χ4v) is 3.67. The molecule has 0 aliphatic rings. The summed E-state index contributed by atoms with van der Waals surface area (Å²) in [5, 5.41) is 0. The molecule has 0 saturated heterocycles. The van der Waals surface area contributed by atoms with Crippen LogP contribution in [0, 0.1) is 13.8 Å². The van der Waals surface area contributed by atoms with Gasteiger partial charge in [0.25, 0.3) is 0 Å². The van der Waals surface area contributed by atoms with E-state index in [1.807, 2.05) is 36.4 Å². The molecule has 0 radical (unpaired) electrons. The lowest BCUT2D eigenvalue weighted by Crippen LogP contribution is -2.09. The number of para-hydroxylation sites is 3. The van der Waals surface area contributed by atoms with Gasteiger partial charge in [-0.15, -0.1) is 0 Å². The first-order chi connectivity index (χ1) is 14.7. The summed E-state index contributed by atoms with van der Waals surface area (Å²) in [7, 11) is 0. The van der Waals surface area contributed by atoms with Gasteiger partial charge in [-0.1, -0.05) is 48.0 Å². The minimum atomic E-state index is 0.456. The Morgan fingerprint density at radius 1 is 0.833 bits per heavy atom. The summed E-state index contributed by atoms with van der Waals surface area (Å²) in [5.41, 5.74) is 4.61. The fourth-order valence-electron chi connectivity index (χ4n) is 3.67. The first kappa shape index (κ1) is 20.0. The standard InChI is InChI=1S/C26H28N2O2/c1-20-14-15-25(21(2)18-20)29-17-9-8-16-28-24-13-7-6-12-23(24)27-26(28)19-30-22-10-4-3-5-11-22/h3-7,10-15,18H,8-9,16-17,19H2,1-2H3. The lowest BCUT2D eigenvalue weighted by atomic mass is 10.1. The van der Waals surface area contributed by atoms with Gasteiger partial charge in [0.15, 0.2) is 0 Å². The van der Waals surface area contributed by atoms with E-state index >= 15 is 0 Å². The van der Waals surface area contributed by atoms with Crippen LogP contribution < -0.4 is 9.47 Å². The molecule has 0 saturated carbocycles. The molecule has 0 fully saturated rings. The quantitative estimate of drug-likeness (QED) is 0.319. The molecule has 4 nitrogen and oxygen atoms in total. The van der Waals surface area contributed by atoms with E-state index in [0.29, 0.717) is 13.2 Å². The van der Waals surface area contributed by atoms with E-state index < -0.39 is 0 Å². The smallest absolute Gasteiger partial charge is 0.147 e. The van der Waals surface area contributed by atoms with E-state index in [2.05, 4.69) is 54.8 Å². The van der Waals surface area contributed by atoms with Crippen LogP contribution in [0.4, 0.5) is 0 Å². The Bertz CT molecular complexity index is 1100. The number of aromatic nitrogens is 2. The number of benzene rings is 3. The Balaban J connectivity index is 1.37. The maximum absolute atomic E-state index is 5.98. The molecular weight excluding hydrogens is 372 g/mol. The summed E-state index contributed by atoms with van der Waals surface area (Å²) in [4.78, 5) is 4.80. The van der Waals surface area contributed by atoms with Crippen molar-refractivity contribution < 1.29 is 9.47 Å². The summed E-state index contributed by atoms with van der Waals surface area (Å²) < 4.78 is 14.2. The van der Waals surface area contributed by atoms with Crippen molar-refractivity contribution in [2.45, 2.75) is 39.8 Å². The molecule has 3 aromatic carbocycles. The number of aryl methyl sites for hydroxylation is 3. The normalized spacial score (nSPS) is 11.0. The van der Waals surface area contributed by atoms with Gasteiger partial charge < -0.3 is 14.0 Å². The van der Waals surface area contributed by atoms with Gasteiger partial charge in [0, 0.05) is 6.54 Å². The molecule has 1 heterocycles. The summed E-state index contributed by atoms with van der Waals surface area (Å²) >= 11 is 0. The minimum Gasteiger partial charge on any atom is -0.493 e. The number of nitrogens with zero attached hydrogens (tertiary/aromatic N) is 2. The first-order valence-electron chi connectivity index (χ1n) is 10.5. The molecule has 0 N–H and O–H groups in total. The summed E-state index contributed by atoms with van der Waals surface area (Å²) in [6, 6.07) is 24.5. The van der Waals surface area contributed by atoms with Crippen LogP contribution in [0.2, 0.25) is 0 Å². The van der Waals surface area contributed by atoms with Gasteiger partial charge in [0.2, 0.25) is 0 Å². The molecule has 4 aromatic rings. The zero-order valence-electron chi connectivity index (χ0n) is 17.7. The number of ether oxygens (including phenoxy) is 2. The van der Waals surface area contributed by atoms with E-state index in [1.54, 1.807) is 0 Å². The first-order valence-corrected chi connectivity index (χ1v) is 10.5. The Hall–Kier alpha value is -3.27. The van der Waals surface area contributed by atoms with Gasteiger partial charge in [0.1, 0.15) is 23.9 Å². The molecule has 4 heteroatoms. The molecule has 0 aliphatic heterocycles. The van der Waals surface area contributed by atoms with Gasteiger partial charge in [-0.05, 0) is 62.6 Å².